The molecule has 0 spiro atoms. The number of carbonyl (C=O) groups excluding carboxylic acids is 1. The third-order valence-corrected chi connectivity index (χ3v) is 3.28. The van der Waals surface area contributed by atoms with E-state index in [2.05, 4.69) is 5.32 Å². The van der Waals surface area contributed by atoms with Crippen LogP contribution in [0.1, 0.15) is 36.0 Å². The van der Waals surface area contributed by atoms with E-state index in [-0.39, 0.29) is 23.7 Å². The number of nitrogens with one attached hydrogen (secondary N) is 1. The highest BCUT2D eigenvalue weighted by Crippen LogP contribution is 2.19. The van der Waals surface area contributed by atoms with Crippen LogP contribution in [0.3, 0.4) is 0 Å². The molecule has 1 aromatic rings. The first-order chi connectivity index (χ1) is 8.18. The van der Waals surface area contributed by atoms with Gasteiger partial charge in [0.2, 0.25) is 0 Å². The molecule has 17 heavy (non-hydrogen) atoms. The number of para-hydroxylation sites is 1. The number of phenolic OH excluding ortho intramolecular Hbond substituents is 1. The maximum absolute atomic E-state index is 12.0. The van der Waals surface area contributed by atoms with Crippen molar-refractivity contribution in [3.05, 3.63) is 29.8 Å². The minimum atomic E-state index is -0.245. The minimum Gasteiger partial charge on any atom is -0.507 e. The first-order valence-corrected chi connectivity index (χ1v) is 6.03. The largest absolute Gasteiger partial charge is 0.507 e. The number of phenols is 1. The topological polar surface area (TPSA) is 75.3 Å². The normalized spacial score (nSPS) is 24.3. The molecule has 92 valence electrons. The Kier molecular flexibility index (Phi) is 3.64. The number of rotatable bonds is 2. The van der Waals surface area contributed by atoms with Gasteiger partial charge in [0.1, 0.15) is 5.75 Å². The van der Waals surface area contributed by atoms with Crippen LogP contribution in [-0.4, -0.2) is 23.1 Å². The van der Waals surface area contributed by atoms with Crippen molar-refractivity contribution in [2.75, 3.05) is 0 Å². The monoisotopic (exact) mass is 234 g/mol. The fourth-order valence-corrected chi connectivity index (χ4v) is 2.25. The summed E-state index contributed by atoms with van der Waals surface area (Å²) in [6.07, 6.45) is 4.09. The van der Waals surface area contributed by atoms with Crippen LogP contribution in [0.4, 0.5) is 0 Å². The molecule has 0 radical (unpaired) electrons. The standard InChI is InChI=1S/C13H18N2O2/c14-10-6-2-3-7-11(10)15-13(17)9-5-1-4-8-12(9)16/h1,4-5,8,10-11,16H,2-3,6-7,14H2,(H,15,17)/t10-,11-/m0/s1. The molecule has 0 heterocycles. The SMILES string of the molecule is N[C@H]1CCCC[C@@H]1NC(=O)c1ccccc1O. The lowest BCUT2D eigenvalue weighted by molar-refractivity contribution is 0.0918. The second-order valence-electron chi connectivity index (χ2n) is 4.55. The Morgan fingerprint density at radius 1 is 1.29 bits per heavy atom. The number of hydrogen-bond donors (Lipinski definition) is 3. The molecule has 1 aliphatic carbocycles. The predicted molar refractivity (Wildman–Crippen MR) is 65.8 cm³/mol. The van der Waals surface area contributed by atoms with Gasteiger partial charge in [-0.3, -0.25) is 4.79 Å². The maximum atomic E-state index is 12.0. The van der Waals surface area contributed by atoms with Crippen molar-refractivity contribution < 1.29 is 9.90 Å². The van der Waals surface area contributed by atoms with Gasteiger partial charge in [0.05, 0.1) is 5.56 Å². The molecular formula is C13H18N2O2. The second-order valence-corrected chi connectivity index (χ2v) is 4.55. The van der Waals surface area contributed by atoms with Crippen LogP contribution < -0.4 is 11.1 Å². The lowest BCUT2D eigenvalue weighted by atomic mass is 9.91. The first kappa shape index (κ1) is 11.9. The van der Waals surface area contributed by atoms with Gasteiger partial charge < -0.3 is 16.2 Å². The van der Waals surface area contributed by atoms with Crippen molar-refractivity contribution in [1.82, 2.24) is 5.32 Å². The van der Waals surface area contributed by atoms with Gasteiger partial charge in [0.25, 0.3) is 5.91 Å². The van der Waals surface area contributed by atoms with E-state index in [0.29, 0.717) is 5.56 Å². The van der Waals surface area contributed by atoms with E-state index in [9.17, 15) is 9.90 Å². The average molecular weight is 234 g/mol. The van der Waals surface area contributed by atoms with Gasteiger partial charge in [0, 0.05) is 12.1 Å². The summed E-state index contributed by atoms with van der Waals surface area (Å²) in [5.74, 6) is -0.236. The van der Waals surface area contributed by atoms with Crippen molar-refractivity contribution in [2.24, 2.45) is 5.73 Å². The van der Waals surface area contributed by atoms with E-state index in [1.165, 1.54) is 6.07 Å². The van der Waals surface area contributed by atoms with Crippen molar-refractivity contribution in [3.8, 4) is 5.75 Å². The summed E-state index contributed by atoms with van der Waals surface area (Å²) in [4.78, 5) is 12.0. The van der Waals surface area contributed by atoms with E-state index in [4.69, 9.17) is 5.73 Å². The molecule has 1 aliphatic rings. The molecule has 4 heteroatoms. The molecule has 1 amide bonds. The van der Waals surface area contributed by atoms with Gasteiger partial charge in [-0.2, -0.15) is 0 Å². The lowest BCUT2D eigenvalue weighted by Crippen LogP contribution is -2.49. The molecule has 4 nitrogen and oxygen atoms in total. The van der Waals surface area contributed by atoms with Crippen LogP contribution >= 0.6 is 0 Å². The maximum Gasteiger partial charge on any atom is 0.255 e. The quantitative estimate of drug-likeness (QED) is 0.724. The van der Waals surface area contributed by atoms with Crippen LogP contribution in [0.25, 0.3) is 0 Å². The highest BCUT2D eigenvalue weighted by molar-refractivity contribution is 5.96. The molecule has 0 aliphatic heterocycles. The summed E-state index contributed by atoms with van der Waals surface area (Å²) in [7, 11) is 0. The van der Waals surface area contributed by atoms with Crippen LogP contribution in [0, 0.1) is 0 Å². The fraction of sp³-hybridized carbons (Fsp3) is 0.462. The van der Waals surface area contributed by atoms with E-state index in [1.54, 1.807) is 18.2 Å². The molecule has 1 fully saturated rings. The predicted octanol–water partition coefficient (Wildman–Crippen LogP) is 1.39. The zero-order valence-electron chi connectivity index (χ0n) is 9.73. The van der Waals surface area contributed by atoms with E-state index in [0.717, 1.165) is 25.7 Å². The molecule has 0 bridgehead atoms. The zero-order chi connectivity index (χ0) is 12.3. The number of carbonyl (C=O) groups is 1. The molecule has 1 aromatic carbocycles. The van der Waals surface area contributed by atoms with Gasteiger partial charge in [-0.05, 0) is 25.0 Å². The molecule has 0 aromatic heterocycles. The summed E-state index contributed by atoms with van der Waals surface area (Å²) in [5, 5.41) is 12.5. The Morgan fingerprint density at radius 3 is 2.71 bits per heavy atom. The zero-order valence-corrected chi connectivity index (χ0v) is 9.73. The number of benzene rings is 1. The molecule has 2 atom stereocenters. The lowest BCUT2D eigenvalue weighted by Gasteiger charge is -2.29. The first-order valence-electron chi connectivity index (χ1n) is 6.03. The summed E-state index contributed by atoms with van der Waals surface area (Å²) in [6.45, 7) is 0. The number of hydrogen-bond acceptors (Lipinski definition) is 3. The third-order valence-electron chi connectivity index (χ3n) is 3.28. The van der Waals surface area contributed by atoms with Gasteiger partial charge in [-0.1, -0.05) is 25.0 Å². The van der Waals surface area contributed by atoms with Crippen molar-refractivity contribution in [1.29, 1.82) is 0 Å². The fourth-order valence-electron chi connectivity index (χ4n) is 2.25. The van der Waals surface area contributed by atoms with E-state index < -0.39 is 0 Å². The molecular weight excluding hydrogens is 216 g/mol. The highest BCUT2D eigenvalue weighted by Gasteiger charge is 2.24. The van der Waals surface area contributed by atoms with E-state index >= 15 is 0 Å². The van der Waals surface area contributed by atoms with E-state index in [1.807, 2.05) is 0 Å². The molecule has 1 saturated carbocycles. The average Bonchev–Trinajstić information content (AvgIpc) is 2.32. The Bertz CT molecular complexity index is 406. The smallest absolute Gasteiger partial charge is 0.255 e. The van der Waals surface area contributed by atoms with Crippen LogP contribution in [-0.2, 0) is 0 Å². The molecule has 2 rings (SSSR count). The number of amides is 1. The molecule has 4 N–H and O–H groups in total. The van der Waals surface area contributed by atoms with Crippen LogP contribution in [0.5, 0.6) is 5.75 Å². The Hall–Kier alpha value is -1.55. The third kappa shape index (κ3) is 2.77. The second kappa shape index (κ2) is 5.19. The highest BCUT2D eigenvalue weighted by atomic mass is 16.3. The van der Waals surface area contributed by atoms with Gasteiger partial charge in [-0.15, -0.1) is 0 Å². The van der Waals surface area contributed by atoms with Crippen LogP contribution in [0.15, 0.2) is 24.3 Å². The van der Waals surface area contributed by atoms with Gasteiger partial charge in [0.15, 0.2) is 0 Å². The Labute approximate surface area is 101 Å². The summed E-state index contributed by atoms with van der Waals surface area (Å²) in [5.41, 5.74) is 6.28. The number of nitrogens with two attached hydrogens (primary N) is 1. The van der Waals surface area contributed by atoms with Gasteiger partial charge in [-0.25, -0.2) is 0 Å². The van der Waals surface area contributed by atoms with Crippen LogP contribution in [0.2, 0.25) is 0 Å². The van der Waals surface area contributed by atoms with Crippen molar-refractivity contribution >= 4 is 5.91 Å². The summed E-state index contributed by atoms with van der Waals surface area (Å²) < 4.78 is 0. The summed E-state index contributed by atoms with van der Waals surface area (Å²) >= 11 is 0. The number of aromatic hydroxyl groups is 1. The molecule has 0 saturated heterocycles. The Morgan fingerprint density at radius 2 is 2.00 bits per heavy atom. The summed E-state index contributed by atoms with van der Waals surface area (Å²) in [6, 6.07) is 6.59. The van der Waals surface area contributed by atoms with Gasteiger partial charge >= 0.3 is 0 Å². The molecule has 0 unspecified atom stereocenters. The van der Waals surface area contributed by atoms with Crippen molar-refractivity contribution in [3.63, 3.8) is 0 Å². The Balaban J connectivity index is 2.04. The minimum absolute atomic E-state index is 0.00869. The van der Waals surface area contributed by atoms with Crippen molar-refractivity contribution in [2.45, 2.75) is 37.8 Å².